The van der Waals surface area contributed by atoms with Crippen LogP contribution in [0, 0.1) is 6.92 Å². The lowest BCUT2D eigenvalue weighted by atomic mass is 10.1. The Bertz CT molecular complexity index is 1250. The number of furan rings is 2. The average Bonchev–Trinajstić information content (AvgIpc) is 3.22. The number of benzene rings is 1. The third-order valence-electron chi connectivity index (χ3n) is 4.00. The number of aryl methyl sites for hydroxylation is 1. The molecule has 0 aliphatic rings. The summed E-state index contributed by atoms with van der Waals surface area (Å²) in [6.45, 7) is 1.89. The summed E-state index contributed by atoms with van der Waals surface area (Å²) in [6.07, 6.45) is 1.82. The number of H-pyrrole nitrogens is 2. The summed E-state index contributed by atoms with van der Waals surface area (Å²) in [5, 5.41) is 7.64. The Labute approximate surface area is 128 Å². The van der Waals surface area contributed by atoms with Crippen LogP contribution in [0.25, 0.3) is 44.4 Å². The van der Waals surface area contributed by atoms with Crippen LogP contribution in [0.2, 0.25) is 0 Å². The third kappa shape index (κ3) is 1.63. The number of nitrogens with zero attached hydrogens (tertiary/aromatic N) is 1. The molecule has 0 fully saturated rings. The van der Waals surface area contributed by atoms with E-state index in [2.05, 4.69) is 15.2 Å². The SMILES string of the molecule is Cc1ccc(-c2c3c[nH][nH]c3nc3c2oc2cc(=O)ccc23)o1. The minimum Gasteiger partial charge on any atom is -0.461 e. The molecule has 0 aliphatic heterocycles. The Balaban J connectivity index is 2.04. The molecule has 112 valence electrons. The molecule has 2 N–H and O–H groups in total. The number of aromatic amines is 2. The van der Waals surface area contributed by atoms with Crippen LogP contribution in [0.1, 0.15) is 5.76 Å². The summed E-state index contributed by atoms with van der Waals surface area (Å²) in [5.74, 6) is 1.52. The van der Waals surface area contributed by atoms with Crippen molar-refractivity contribution in [1.29, 1.82) is 0 Å². The molecule has 0 saturated heterocycles. The van der Waals surface area contributed by atoms with Crippen LogP contribution in [-0.4, -0.2) is 15.2 Å². The van der Waals surface area contributed by atoms with Crippen molar-refractivity contribution in [2.45, 2.75) is 6.92 Å². The molecule has 5 rings (SSSR count). The van der Waals surface area contributed by atoms with Gasteiger partial charge in [0.15, 0.2) is 16.7 Å². The number of pyridine rings is 1. The number of fused-ring (bicyclic) bond motifs is 4. The van der Waals surface area contributed by atoms with Gasteiger partial charge in [0.1, 0.15) is 22.6 Å². The second-order valence-electron chi connectivity index (χ2n) is 5.51. The van der Waals surface area contributed by atoms with Gasteiger partial charge in [-0.1, -0.05) is 0 Å². The predicted molar refractivity (Wildman–Crippen MR) is 86.4 cm³/mol. The van der Waals surface area contributed by atoms with E-state index in [-0.39, 0.29) is 5.43 Å². The molecule has 5 aromatic rings. The van der Waals surface area contributed by atoms with Gasteiger partial charge < -0.3 is 13.9 Å². The first-order valence-corrected chi connectivity index (χ1v) is 7.19. The molecule has 0 aliphatic carbocycles. The first-order chi connectivity index (χ1) is 11.2. The number of hydrogen-bond donors (Lipinski definition) is 2. The Morgan fingerprint density at radius 1 is 1.09 bits per heavy atom. The highest BCUT2D eigenvalue weighted by Crippen LogP contribution is 2.38. The third-order valence-corrected chi connectivity index (χ3v) is 4.00. The zero-order valence-corrected chi connectivity index (χ0v) is 12.1. The smallest absolute Gasteiger partial charge is 0.182 e. The van der Waals surface area contributed by atoms with Crippen LogP contribution in [0.4, 0.5) is 0 Å². The quantitative estimate of drug-likeness (QED) is 0.494. The van der Waals surface area contributed by atoms with Gasteiger partial charge in [0, 0.05) is 17.6 Å². The first kappa shape index (κ1) is 12.3. The molecule has 0 bridgehead atoms. The molecule has 0 saturated carbocycles. The van der Waals surface area contributed by atoms with Gasteiger partial charge >= 0.3 is 0 Å². The highest BCUT2D eigenvalue weighted by Gasteiger charge is 2.20. The number of nitrogens with one attached hydrogen (secondary N) is 2. The van der Waals surface area contributed by atoms with Gasteiger partial charge in [-0.05, 0) is 31.2 Å². The lowest BCUT2D eigenvalue weighted by Crippen LogP contribution is -1.92. The Kier molecular flexibility index (Phi) is 2.21. The van der Waals surface area contributed by atoms with Crippen molar-refractivity contribution >= 4 is 33.1 Å². The van der Waals surface area contributed by atoms with E-state index in [4.69, 9.17) is 8.83 Å². The molecule has 0 unspecified atom stereocenters. The summed E-state index contributed by atoms with van der Waals surface area (Å²) >= 11 is 0. The van der Waals surface area contributed by atoms with E-state index in [0.717, 1.165) is 22.1 Å². The molecule has 0 spiro atoms. The monoisotopic (exact) mass is 305 g/mol. The molecule has 4 heterocycles. The fourth-order valence-electron chi connectivity index (χ4n) is 2.98. The van der Waals surface area contributed by atoms with Crippen molar-refractivity contribution in [3.8, 4) is 11.3 Å². The van der Waals surface area contributed by atoms with Crippen molar-refractivity contribution in [2.75, 3.05) is 0 Å². The van der Waals surface area contributed by atoms with Crippen molar-refractivity contribution in [2.24, 2.45) is 0 Å². The largest absolute Gasteiger partial charge is 0.461 e. The second-order valence-corrected chi connectivity index (χ2v) is 5.51. The van der Waals surface area contributed by atoms with Gasteiger partial charge in [-0.3, -0.25) is 9.89 Å². The van der Waals surface area contributed by atoms with E-state index in [9.17, 15) is 4.79 Å². The predicted octanol–water partition coefficient (Wildman–Crippen LogP) is 3.72. The summed E-state index contributed by atoms with van der Waals surface area (Å²) in [6, 6.07) is 8.55. The van der Waals surface area contributed by atoms with Crippen LogP contribution >= 0.6 is 0 Å². The Morgan fingerprint density at radius 3 is 2.83 bits per heavy atom. The maximum Gasteiger partial charge on any atom is 0.182 e. The number of rotatable bonds is 1. The zero-order chi connectivity index (χ0) is 15.6. The van der Waals surface area contributed by atoms with Gasteiger partial charge in [-0.2, -0.15) is 0 Å². The minimum absolute atomic E-state index is 0.0918. The van der Waals surface area contributed by atoms with Gasteiger partial charge in [-0.25, -0.2) is 4.98 Å². The molecule has 4 aromatic heterocycles. The molecular weight excluding hydrogens is 294 g/mol. The molecule has 23 heavy (non-hydrogen) atoms. The first-order valence-electron chi connectivity index (χ1n) is 7.19. The van der Waals surface area contributed by atoms with E-state index < -0.39 is 0 Å². The summed E-state index contributed by atoms with van der Waals surface area (Å²) in [7, 11) is 0. The normalized spacial score (nSPS) is 11.9. The minimum atomic E-state index is -0.0918. The summed E-state index contributed by atoms with van der Waals surface area (Å²) < 4.78 is 11.8. The van der Waals surface area contributed by atoms with E-state index in [1.807, 2.05) is 25.3 Å². The molecular formula is C17H11N3O3. The molecule has 1 aromatic carbocycles. The molecule has 0 atom stereocenters. The Hall–Kier alpha value is -3.28. The van der Waals surface area contributed by atoms with E-state index in [1.165, 1.54) is 12.1 Å². The fraction of sp³-hybridized carbons (Fsp3) is 0.0588. The van der Waals surface area contributed by atoms with Gasteiger partial charge in [0.25, 0.3) is 0 Å². The van der Waals surface area contributed by atoms with Crippen LogP contribution < -0.4 is 5.43 Å². The fourth-order valence-corrected chi connectivity index (χ4v) is 2.98. The summed E-state index contributed by atoms with van der Waals surface area (Å²) in [4.78, 5) is 16.2. The molecule has 0 radical (unpaired) electrons. The highest BCUT2D eigenvalue weighted by atomic mass is 16.3. The average molecular weight is 305 g/mol. The maximum absolute atomic E-state index is 11.6. The van der Waals surface area contributed by atoms with Crippen LogP contribution in [0.5, 0.6) is 0 Å². The standard InChI is InChI=1S/C17H11N3O3/c1-8-2-5-12(22-8)14-11-7-18-20-17(11)19-15-10-4-3-9(21)6-13(10)23-16(14)15/h2-7H,1H3,(H2,18,19,20). The number of hydrogen-bond acceptors (Lipinski definition) is 4. The second kappa shape index (κ2) is 4.13. The van der Waals surface area contributed by atoms with Crippen molar-refractivity contribution in [3.63, 3.8) is 0 Å². The van der Waals surface area contributed by atoms with E-state index in [0.29, 0.717) is 28.1 Å². The van der Waals surface area contributed by atoms with Gasteiger partial charge in [-0.15, -0.1) is 0 Å². The van der Waals surface area contributed by atoms with Gasteiger partial charge in [0.2, 0.25) is 0 Å². The molecule has 0 amide bonds. The molecule has 6 heteroatoms. The van der Waals surface area contributed by atoms with E-state index >= 15 is 0 Å². The molecule has 6 nitrogen and oxygen atoms in total. The summed E-state index contributed by atoms with van der Waals surface area (Å²) in [5.41, 5.74) is 3.27. The van der Waals surface area contributed by atoms with Crippen molar-refractivity contribution in [3.05, 3.63) is 52.5 Å². The van der Waals surface area contributed by atoms with Crippen molar-refractivity contribution < 1.29 is 8.83 Å². The van der Waals surface area contributed by atoms with Crippen LogP contribution in [-0.2, 0) is 0 Å². The maximum atomic E-state index is 11.6. The van der Waals surface area contributed by atoms with Gasteiger partial charge in [0.05, 0.1) is 10.9 Å². The zero-order valence-electron chi connectivity index (χ0n) is 12.1. The van der Waals surface area contributed by atoms with E-state index in [1.54, 1.807) is 6.07 Å². The highest BCUT2D eigenvalue weighted by molar-refractivity contribution is 6.13. The Morgan fingerprint density at radius 2 is 2.00 bits per heavy atom. The van der Waals surface area contributed by atoms with Crippen LogP contribution in [0.15, 0.2) is 50.2 Å². The van der Waals surface area contributed by atoms with Crippen LogP contribution in [0.3, 0.4) is 0 Å². The number of aromatic nitrogens is 3. The van der Waals surface area contributed by atoms with Crippen molar-refractivity contribution in [1.82, 2.24) is 15.2 Å². The topological polar surface area (TPSA) is 87.8 Å². The lowest BCUT2D eigenvalue weighted by Gasteiger charge is -2.00. The lowest BCUT2D eigenvalue weighted by molar-refractivity contribution is 0.548.